The average molecular weight is 474 g/mol. The standard InChI is InChI=1S/C26H31N7O2/c1-7-20(10-9-19(6)35-8-2)14-28-26(34)24-16(3)11-21(15-27-24)25-29-17(4)12-22(31-25)30-23-13-18(5)32-33-23/h7,9-13,15H,1,8,14H2,2-6H3,(H,28,34)(H2,29,30,31,32,33)/b19-9+,20-10+. The summed E-state index contributed by atoms with van der Waals surface area (Å²) in [5.41, 5.74) is 4.37. The number of allylic oxidation sites excluding steroid dienone is 3. The number of carbonyl (C=O) groups is 1. The van der Waals surface area contributed by atoms with Gasteiger partial charge in [-0.15, -0.1) is 0 Å². The van der Waals surface area contributed by atoms with Gasteiger partial charge in [-0.25, -0.2) is 9.97 Å². The molecular formula is C26H31N7O2. The molecule has 0 saturated carbocycles. The van der Waals surface area contributed by atoms with Gasteiger partial charge in [-0.3, -0.25) is 14.9 Å². The van der Waals surface area contributed by atoms with Crippen molar-refractivity contribution in [3.63, 3.8) is 0 Å². The quantitative estimate of drug-likeness (QED) is 0.288. The lowest BCUT2D eigenvalue weighted by Crippen LogP contribution is -2.27. The molecule has 9 heteroatoms. The second kappa shape index (κ2) is 11.7. The van der Waals surface area contributed by atoms with Crippen molar-refractivity contribution in [1.29, 1.82) is 0 Å². The first-order valence-corrected chi connectivity index (χ1v) is 11.3. The Morgan fingerprint density at radius 1 is 1.14 bits per heavy atom. The number of nitrogens with one attached hydrogen (secondary N) is 3. The van der Waals surface area contributed by atoms with Crippen molar-refractivity contribution in [2.75, 3.05) is 18.5 Å². The minimum atomic E-state index is -0.270. The molecule has 0 radical (unpaired) electrons. The Balaban J connectivity index is 1.73. The maximum absolute atomic E-state index is 12.8. The number of H-pyrrole nitrogens is 1. The number of nitrogens with zero attached hydrogens (tertiary/aromatic N) is 4. The number of carbonyl (C=O) groups excluding carboxylic acids is 1. The smallest absolute Gasteiger partial charge is 0.270 e. The van der Waals surface area contributed by atoms with Crippen molar-refractivity contribution in [1.82, 2.24) is 30.5 Å². The third-order valence-electron chi connectivity index (χ3n) is 4.99. The van der Waals surface area contributed by atoms with Crippen molar-refractivity contribution < 1.29 is 9.53 Å². The van der Waals surface area contributed by atoms with E-state index in [1.807, 2.05) is 65.0 Å². The zero-order valence-corrected chi connectivity index (χ0v) is 20.8. The summed E-state index contributed by atoms with van der Waals surface area (Å²) in [5.74, 6) is 2.33. The molecule has 3 N–H and O–H groups in total. The molecule has 0 aliphatic carbocycles. The number of aromatic nitrogens is 5. The van der Waals surface area contributed by atoms with Crippen LogP contribution in [0.2, 0.25) is 0 Å². The Hall–Kier alpha value is -4.27. The van der Waals surface area contributed by atoms with Crippen molar-refractivity contribution in [2.24, 2.45) is 0 Å². The highest BCUT2D eigenvalue weighted by molar-refractivity contribution is 5.94. The van der Waals surface area contributed by atoms with Crippen LogP contribution in [0, 0.1) is 20.8 Å². The summed E-state index contributed by atoms with van der Waals surface area (Å²) in [6.45, 7) is 14.2. The van der Waals surface area contributed by atoms with Gasteiger partial charge in [0.15, 0.2) is 11.6 Å². The van der Waals surface area contributed by atoms with Crippen LogP contribution in [-0.4, -0.2) is 44.2 Å². The fourth-order valence-electron chi connectivity index (χ4n) is 3.28. The summed E-state index contributed by atoms with van der Waals surface area (Å²) in [7, 11) is 0. The van der Waals surface area contributed by atoms with Crippen LogP contribution in [0.15, 0.2) is 60.5 Å². The van der Waals surface area contributed by atoms with Crippen LogP contribution in [-0.2, 0) is 4.74 Å². The highest BCUT2D eigenvalue weighted by atomic mass is 16.5. The monoisotopic (exact) mass is 473 g/mol. The molecular weight excluding hydrogens is 442 g/mol. The van der Waals surface area contributed by atoms with Crippen LogP contribution in [0.3, 0.4) is 0 Å². The van der Waals surface area contributed by atoms with Gasteiger partial charge >= 0.3 is 0 Å². The highest BCUT2D eigenvalue weighted by Gasteiger charge is 2.14. The van der Waals surface area contributed by atoms with Gasteiger partial charge in [0.1, 0.15) is 11.5 Å². The summed E-state index contributed by atoms with van der Waals surface area (Å²) in [5, 5.41) is 13.1. The number of pyridine rings is 1. The van der Waals surface area contributed by atoms with Crippen LogP contribution >= 0.6 is 0 Å². The predicted octanol–water partition coefficient (Wildman–Crippen LogP) is 4.71. The summed E-state index contributed by atoms with van der Waals surface area (Å²) in [6, 6.07) is 5.59. The first-order chi connectivity index (χ1) is 16.8. The Labute approximate surface area is 205 Å². The van der Waals surface area contributed by atoms with Crippen molar-refractivity contribution >= 4 is 17.5 Å². The van der Waals surface area contributed by atoms with E-state index in [4.69, 9.17) is 4.74 Å². The van der Waals surface area contributed by atoms with Gasteiger partial charge in [0.2, 0.25) is 0 Å². The van der Waals surface area contributed by atoms with E-state index in [0.717, 1.165) is 28.3 Å². The minimum Gasteiger partial charge on any atom is -0.499 e. The van der Waals surface area contributed by atoms with E-state index in [-0.39, 0.29) is 5.91 Å². The Bertz CT molecular complexity index is 1270. The maximum Gasteiger partial charge on any atom is 0.270 e. The van der Waals surface area contributed by atoms with Crippen LogP contribution in [0.1, 0.15) is 41.3 Å². The summed E-state index contributed by atoms with van der Waals surface area (Å²) < 4.78 is 5.41. The normalized spacial score (nSPS) is 11.8. The fraction of sp³-hybridized carbons (Fsp3) is 0.269. The SMILES string of the molecule is C=C/C(=C\C=C(/C)OCC)CNC(=O)c1ncc(-c2nc(C)cc(Nc3cc(C)[nH]n3)n2)cc1C. The molecule has 3 rings (SSSR count). The van der Waals surface area contributed by atoms with Gasteiger partial charge in [-0.1, -0.05) is 18.7 Å². The predicted molar refractivity (Wildman–Crippen MR) is 137 cm³/mol. The van der Waals surface area contributed by atoms with Crippen LogP contribution in [0.25, 0.3) is 11.4 Å². The van der Waals surface area contributed by atoms with Crippen LogP contribution < -0.4 is 10.6 Å². The third kappa shape index (κ3) is 7.10. The Kier molecular flexibility index (Phi) is 8.50. The van der Waals surface area contributed by atoms with Crippen molar-refractivity contribution in [3.05, 3.63) is 83.2 Å². The molecule has 9 nitrogen and oxygen atoms in total. The minimum absolute atomic E-state index is 0.270. The first-order valence-electron chi connectivity index (χ1n) is 11.3. The van der Waals surface area contributed by atoms with Crippen LogP contribution in [0.4, 0.5) is 11.6 Å². The second-order valence-electron chi connectivity index (χ2n) is 8.01. The number of aromatic amines is 1. The zero-order chi connectivity index (χ0) is 25.4. The zero-order valence-electron chi connectivity index (χ0n) is 20.8. The van der Waals surface area contributed by atoms with Gasteiger partial charge < -0.3 is 15.4 Å². The molecule has 0 unspecified atom stereocenters. The molecule has 0 aromatic carbocycles. The number of ether oxygens (including phenoxy) is 1. The Morgan fingerprint density at radius 2 is 1.94 bits per heavy atom. The molecule has 182 valence electrons. The second-order valence-corrected chi connectivity index (χ2v) is 8.01. The van der Waals surface area contributed by atoms with E-state index in [2.05, 4.69) is 42.4 Å². The van der Waals surface area contributed by atoms with Gasteiger partial charge in [-0.05, 0) is 57.9 Å². The molecule has 0 spiro atoms. The molecule has 0 saturated heterocycles. The van der Waals surface area contributed by atoms with Gasteiger partial charge in [0, 0.05) is 41.8 Å². The molecule has 0 aliphatic heterocycles. The number of anilines is 2. The van der Waals surface area contributed by atoms with E-state index in [0.29, 0.717) is 41.9 Å². The van der Waals surface area contributed by atoms with E-state index >= 15 is 0 Å². The van der Waals surface area contributed by atoms with Crippen LogP contribution in [0.5, 0.6) is 0 Å². The number of hydrogen-bond donors (Lipinski definition) is 3. The summed E-state index contributed by atoms with van der Waals surface area (Å²) >= 11 is 0. The Morgan fingerprint density at radius 3 is 2.60 bits per heavy atom. The summed E-state index contributed by atoms with van der Waals surface area (Å²) in [6.07, 6.45) is 7.03. The highest BCUT2D eigenvalue weighted by Crippen LogP contribution is 2.21. The van der Waals surface area contributed by atoms with Crippen molar-refractivity contribution in [3.8, 4) is 11.4 Å². The topological polar surface area (TPSA) is 118 Å². The molecule has 1 amide bonds. The molecule has 0 aliphatic rings. The molecule has 0 atom stereocenters. The molecule has 3 aromatic heterocycles. The maximum atomic E-state index is 12.8. The summed E-state index contributed by atoms with van der Waals surface area (Å²) in [4.78, 5) is 26.3. The number of rotatable bonds is 10. The van der Waals surface area contributed by atoms with Crippen molar-refractivity contribution in [2.45, 2.75) is 34.6 Å². The number of hydrogen-bond acceptors (Lipinski definition) is 7. The largest absolute Gasteiger partial charge is 0.499 e. The molecule has 3 heterocycles. The van der Waals surface area contributed by atoms with Gasteiger partial charge in [-0.2, -0.15) is 5.10 Å². The van der Waals surface area contributed by atoms with Gasteiger partial charge in [0.05, 0.1) is 12.4 Å². The third-order valence-corrected chi connectivity index (χ3v) is 4.99. The number of aryl methyl sites for hydroxylation is 3. The van der Waals surface area contributed by atoms with E-state index in [1.54, 1.807) is 12.3 Å². The van der Waals surface area contributed by atoms with Gasteiger partial charge in [0.25, 0.3) is 5.91 Å². The van der Waals surface area contributed by atoms with E-state index in [9.17, 15) is 4.79 Å². The van der Waals surface area contributed by atoms with E-state index in [1.165, 1.54) is 0 Å². The molecule has 0 bridgehead atoms. The average Bonchev–Trinajstić information content (AvgIpc) is 3.23. The fourth-order valence-corrected chi connectivity index (χ4v) is 3.28. The number of amides is 1. The lowest BCUT2D eigenvalue weighted by atomic mass is 10.1. The first kappa shape index (κ1) is 25.4. The molecule has 3 aromatic rings. The molecule has 35 heavy (non-hydrogen) atoms. The lowest BCUT2D eigenvalue weighted by molar-refractivity contribution is 0.0951. The van der Waals surface area contributed by atoms with E-state index < -0.39 is 0 Å². The molecule has 0 fully saturated rings. The lowest BCUT2D eigenvalue weighted by Gasteiger charge is -2.10.